The first-order valence-electron chi connectivity index (χ1n) is 18.8. The number of carbonyl (C=O) groups excluding carboxylic acids is 3. The van der Waals surface area contributed by atoms with Crippen molar-refractivity contribution < 1.29 is 43.2 Å². The summed E-state index contributed by atoms with van der Waals surface area (Å²) in [6, 6.07) is -1.15. The fourth-order valence-corrected chi connectivity index (χ4v) is 8.38. The molecule has 0 aromatic rings. The van der Waals surface area contributed by atoms with E-state index in [0.717, 1.165) is 0 Å². The number of rotatable bonds is 12. The third-order valence-electron chi connectivity index (χ3n) is 11.3. The second kappa shape index (κ2) is 19.0. The number of aliphatic hydroxyl groups is 1. The standard InChI is InChI=1S/C37H64N6O9/c1-12-16-26-31-37(8,52-35(47)43(31)18-15-14-17-40-41-38)28(13-2)50-33(46)25(6)29(44)24(5)32(36(7,48-11)20-22(3)21-39-26)51-34-30(45)27(42(9)10)19-23(4)49-34/h12,22-28,30-32,34,39,45H,1,13-21H2,2-11H3/t22-,23?,24+,25-,26-,27?,28-,30?,31-,32-,34+,36-,37-/m1/s1. The van der Waals surface area contributed by atoms with Crippen molar-refractivity contribution in [3.63, 3.8) is 0 Å². The molecule has 3 heterocycles. The number of esters is 1. The van der Waals surface area contributed by atoms with E-state index in [1.807, 2.05) is 39.8 Å². The molecule has 3 saturated heterocycles. The third kappa shape index (κ3) is 9.85. The van der Waals surface area contributed by atoms with Crippen LogP contribution in [-0.2, 0) is 33.3 Å². The highest BCUT2D eigenvalue weighted by Gasteiger charge is 2.59. The molecule has 15 heteroatoms. The molecule has 3 aliphatic rings. The SMILES string of the molecule is C=CC[C@H]1NC[C@H](C)C[C@@](C)(OC)[C@H](O[C@@H]2OC(C)CC(N(C)C)C2O)[C@@H](C)C(=O)[C@@H](C)C(=O)O[C@H](CC)[C@@]2(C)OC(=O)N(CCCCN=[N+]=[N-])[C@H]12. The van der Waals surface area contributed by atoms with Gasteiger partial charge in [-0.3, -0.25) is 14.5 Å². The largest absolute Gasteiger partial charge is 0.458 e. The van der Waals surface area contributed by atoms with Crippen LogP contribution < -0.4 is 5.32 Å². The maximum Gasteiger partial charge on any atom is 0.410 e. The first kappa shape index (κ1) is 43.6. The van der Waals surface area contributed by atoms with E-state index in [1.54, 1.807) is 31.9 Å². The molecule has 3 aliphatic heterocycles. The Balaban J connectivity index is 2.08. The van der Waals surface area contributed by atoms with E-state index in [9.17, 15) is 19.5 Å². The number of aliphatic hydroxyl groups excluding tert-OH is 1. The molecular weight excluding hydrogens is 672 g/mol. The van der Waals surface area contributed by atoms with Crippen molar-refractivity contribution in [3.8, 4) is 0 Å². The van der Waals surface area contributed by atoms with Gasteiger partial charge in [0.2, 0.25) is 0 Å². The molecule has 0 radical (unpaired) electrons. The van der Waals surface area contributed by atoms with E-state index >= 15 is 0 Å². The minimum absolute atomic E-state index is 0.0414. The molecule has 0 bridgehead atoms. The van der Waals surface area contributed by atoms with Gasteiger partial charge in [0, 0.05) is 43.1 Å². The van der Waals surface area contributed by atoms with Crippen molar-refractivity contribution in [2.75, 3.05) is 40.8 Å². The van der Waals surface area contributed by atoms with Crippen LogP contribution >= 0.6 is 0 Å². The quantitative estimate of drug-likeness (QED) is 0.0543. The Hall–Kier alpha value is -2.78. The molecule has 0 aromatic heterocycles. The monoisotopic (exact) mass is 736 g/mol. The molecule has 0 saturated carbocycles. The number of nitrogens with zero attached hydrogens (tertiary/aromatic N) is 5. The van der Waals surface area contributed by atoms with Crippen molar-refractivity contribution in [1.82, 2.24) is 15.1 Å². The fourth-order valence-electron chi connectivity index (χ4n) is 8.38. The van der Waals surface area contributed by atoms with Crippen LogP contribution in [0.15, 0.2) is 17.8 Å². The van der Waals surface area contributed by atoms with Gasteiger partial charge in [-0.1, -0.05) is 32.0 Å². The first-order chi connectivity index (χ1) is 24.5. The maximum atomic E-state index is 14.3. The Bertz CT molecular complexity index is 1280. The lowest BCUT2D eigenvalue weighted by Gasteiger charge is -2.46. The first-order valence-corrected chi connectivity index (χ1v) is 18.8. The number of Topliss-reactive ketones (excluding diaryl/α,β-unsaturated/α-hetero) is 1. The second-order valence-electron chi connectivity index (χ2n) is 15.6. The number of cyclic esters (lactones) is 1. The van der Waals surface area contributed by atoms with Crippen LogP contribution in [0.25, 0.3) is 10.4 Å². The van der Waals surface area contributed by atoms with E-state index in [2.05, 4.69) is 28.8 Å². The topological polar surface area (TPSA) is 185 Å². The van der Waals surface area contributed by atoms with Gasteiger partial charge in [0.15, 0.2) is 17.7 Å². The number of likely N-dealkylation sites (N-methyl/N-ethyl adjacent to an activating group) is 1. The molecule has 13 atom stereocenters. The van der Waals surface area contributed by atoms with E-state index in [-0.39, 0.29) is 24.1 Å². The predicted molar refractivity (Wildman–Crippen MR) is 195 cm³/mol. The molecule has 0 aliphatic carbocycles. The Morgan fingerprint density at radius 3 is 2.48 bits per heavy atom. The number of ether oxygens (including phenoxy) is 5. The zero-order chi connectivity index (χ0) is 39.0. The summed E-state index contributed by atoms with van der Waals surface area (Å²) in [5.74, 6) is -3.25. The summed E-state index contributed by atoms with van der Waals surface area (Å²) in [5.41, 5.74) is 6.37. The summed E-state index contributed by atoms with van der Waals surface area (Å²) in [7, 11) is 5.36. The molecule has 3 rings (SSSR count). The number of methoxy groups -OCH3 is 1. The minimum Gasteiger partial charge on any atom is -0.458 e. The van der Waals surface area contributed by atoms with Crippen LogP contribution in [0, 0.1) is 17.8 Å². The van der Waals surface area contributed by atoms with Crippen LogP contribution in [0.1, 0.15) is 87.0 Å². The molecule has 296 valence electrons. The highest BCUT2D eigenvalue weighted by Crippen LogP contribution is 2.40. The van der Waals surface area contributed by atoms with Gasteiger partial charge in [0.25, 0.3) is 0 Å². The average molecular weight is 737 g/mol. The summed E-state index contributed by atoms with van der Waals surface area (Å²) in [5, 5.41) is 18.7. The highest BCUT2D eigenvalue weighted by molar-refractivity contribution is 6.00. The summed E-state index contributed by atoms with van der Waals surface area (Å²) in [6.45, 7) is 17.9. The number of hydrogen-bond donors (Lipinski definition) is 2. The molecule has 0 aromatic carbocycles. The fraction of sp³-hybridized carbons (Fsp3) is 0.865. The molecule has 52 heavy (non-hydrogen) atoms. The summed E-state index contributed by atoms with van der Waals surface area (Å²) >= 11 is 0. The summed E-state index contributed by atoms with van der Waals surface area (Å²) in [6.07, 6.45) is 0.194. The number of nitrogens with one attached hydrogen (secondary N) is 1. The lowest BCUT2D eigenvalue weighted by atomic mass is 9.78. The normalized spacial score (nSPS) is 39.5. The van der Waals surface area contributed by atoms with Crippen molar-refractivity contribution >= 4 is 17.8 Å². The molecule has 15 nitrogen and oxygen atoms in total. The molecule has 0 spiro atoms. The van der Waals surface area contributed by atoms with E-state index < -0.39 is 71.5 Å². The Labute approximate surface area is 309 Å². The molecule has 2 N–H and O–H groups in total. The van der Waals surface area contributed by atoms with Crippen LogP contribution in [0.2, 0.25) is 0 Å². The highest BCUT2D eigenvalue weighted by atomic mass is 16.7. The van der Waals surface area contributed by atoms with Crippen molar-refractivity contribution in [2.24, 2.45) is 22.9 Å². The van der Waals surface area contributed by atoms with Crippen molar-refractivity contribution in [2.45, 2.75) is 147 Å². The van der Waals surface area contributed by atoms with Gasteiger partial charge in [-0.05, 0) is 98.3 Å². The van der Waals surface area contributed by atoms with Crippen LogP contribution in [0.5, 0.6) is 0 Å². The van der Waals surface area contributed by atoms with E-state index in [0.29, 0.717) is 58.2 Å². The second-order valence-corrected chi connectivity index (χ2v) is 15.6. The Morgan fingerprint density at radius 1 is 1.19 bits per heavy atom. The number of carbonyl (C=O) groups is 3. The van der Waals surface area contributed by atoms with Gasteiger partial charge < -0.3 is 39.0 Å². The Morgan fingerprint density at radius 2 is 1.88 bits per heavy atom. The number of fused-ring (bicyclic) bond motifs is 1. The minimum atomic E-state index is -1.27. The predicted octanol–water partition coefficient (Wildman–Crippen LogP) is 4.61. The van der Waals surface area contributed by atoms with Gasteiger partial charge in [-0.25, -0.2) is 4.79 Å². The third-order valence-corrected chi connectivity index (χ3v) is 11.3. The smallest absolute Gasteiger partial charge is 0.410 e. The van der Waals surface area contributed by atoms with E-state index in [1.165, 1.54) is 6.92 Å². The zero-order valence-corrected chi connectivity index (χ0v) is 32.9. The summed E-state index contributed by atoms with van der Waals surface area (Å²) < 4.78 is 31.3. The van der Waals surface area contributed by atoms with Gasteiger partial charge in [-0.2, -0.15) is 0 Å². The number of unbranched alkanes of at least 4 members (excludes halogenated alkanes) is 1. The number of ketones is 1. The van der Waals surface area contributed by atoms with Crippen LogP contribution in [0.3, 0.4) is 0 Å². The lowest BCUT2D eigenvalue weighted by Crippen LogP contribution is -2.61. The van der Waals surface area contributed by atoms with Gasteiger partial charge >= 0.3 is 12.1 Å². The summed E-state index contributed by atoms with van der Waals surface area (Å²) in [4.78, 5) is 48.3. The molecular formula is C37H64N6O9. The Kier molecular flexibility index (Phi) is 15.9. The van der Waals surface area contributed by atoms with Crippen LogP contribution in [0.4, 0.5) is 4.79 Å². The van der Waals surface area contributed by atoms with Gasteiger partial charge in [-0.15, -0.1) is 6.58 Å². The molecule has 3 fully saturated rings. The number of azide groups is 1. The number of hydrogen-bond acceptors (Lipinski definition) is 12. The van der Waals surface area contributed by atoms with Gasteiger partial charge in [0.05, 0.1) is 23.9 Å². The van der Waals surface area contributed by atoms with Gasteiger partial charge in [0.1, 0.15) is 18.1 Å². The van der Waals surface area contributed by atoms with Crippen molar-refractivity contribution in [1.29, 1.82) is 0 Å². The molecule has 3 unspecified atom stereocenters. The van der Waals surface area contributed by atoms with E-state index in [4.69, 9.17) is 29.2 Å². The lowest BCUT2D eigenvalue weighted by molar-refractivity contribution is -0.295. The zero-order valence-electron chi connectivity index (χ0n) is 32.9. The van der Waals surface area contributed by atoms with Crippen molar-refractivity contribution in [3.05, 3.63) is 23.1 Å². The van der Waals surface area contributed by atoms with Crippen LogP contribution in [-0.4, -0.2) is 134 Å². The number of amides is 1. The molecule has 1 amide bonds. The average Bonchev–Trinajstić information content (AvgIpc) is 3.36. The maximum absolute atomic E-state index is 14.3.